The molecule has 0 atom stereocenters. The summed E-state index contributed by atoms with van der Waals surface area (Å²) < 4.78 is 0. The molecule has 1 saturated heterocycles. The van der Waals surface area contributed by atoms with E-state index < -0.39 is 5.97 Å². The summed E-state index contributed by atoms with van der Waals surface area (Å²) in [6.07, 6.45) is 1.13. The van der Waals surface area contributed by atoms with Gasteiger partial charge in [0.15, 0.2) is 0 Å². The van der Waals surface area contributed by atoms with Crippen molar-refractivity contribution < 1.29 is 9.90 Å². The van der Waals surface area contributed by atoms with Crippen molar-refractivity contribution in [1.82, 2.24) is 10.3 Å². The summed E-state index contributed by atoms with van der Waals surface area (Å²) in [7, 11) is 0. The van der Waals surface area contributed by atoms with Crippen molar-refractivity contribution in [2.75, 3.05) is 31.1 Å². The van der Waals surface area contributed by atoms with Crippen LogP contribution in [0, 0.1) is 0 Å². The zero-order valence-electron chi connectivity index (χ0n) is 10.6. The van der Waals surface area contributed by atoms with Crippen LogP contribution >= 0.6 is 0 Å². The molecule has 0 spiro atoms. The zero-order chi connectivity index (χ0) is 13.2. The second kappa shape index (κ2) is 4.93. The van der Waals surface area contributed by atoms with Crippen LogP contribution in [0.3, 0.4) is 0 Å². The van der Waals surface area contributed by atoms with Crippen LogP contribution in [0.25, 0.3) is 10.9 Å². The lowest BCUT2D eigenvalue weighted by Crippen LogP contribution is -2.27. The molecule has 0 unspecified atom stereocenters. The molecule has 3 N–H and O–H groups in total. The number of hydrogen-bond acceptors (Lipinski definition) is 3. The van der Waals surface area contributed by atoms with Crippen LogP contribution in [0.4, 0.5) is 5.69 Å². The molecule has 2 aromatic rings. The molecule has 0 radical (unpaired) electrons. The SMILES string of the molecule is O=C(O)c1cc2cc(N3CCCNCC3)ccc2[nH]1. The van der Waals surface area contributed by atoms with Gasteiger partial charge in [-0.05, 0) is 37.2 Å². The van der Waals surface area contributed by atoms with Crippen molar-refractivity contribution >= 4 is 22.6 Å². The number of benzene rings is 1. The van der Waals surface area contributed by atoms with E-state index in [4.69, 9.17) is 5.11 Å². The summed E-state index contributed by atoms with van der Waals surface area (Å²) in [5.41, 5.74) is 2.27. The molecule has 2 heterocycles. The summed E-state index contributed by atoms with van der Waals surface area (Å²) in [5.74, 6) is -0.920. The third-order valence-electron chi connectivity index (χ3n) is 3.54. The Labute approximate surface area is 111 Å². The number of hydrogen-bond donors (Lipinski definition) is 3. The minimum atomic E-state index is -0.920. The van der Waals surface area contributed by atoms with E-state index in [9.17, 15) is 4.79 Å². The van der Waals surface area contributed by atoms with Gasteiger partial charge in [0.2, 0.25) is 0 Å². The molecule has 5 heteroatoms. The fraction of sp³-hybridized carbons (Fsp3) is 0.357. The number of aromatic nitrogens is 1. The lowest BCUT2D eigenvalue weighted by Gasteiger charge is -2.22. The van der Waals surface area contributed by atoms with E-state index in [2.05, 4.69) is 27.3 Å². The van der Waals surface area contributed by atoms with Gasteiger partial charge in [0.1, 0.15) is 5.69 Å². The lowest BCUT2D eigenvalue weighted by atomic mass is 10.2. The Morgan fingerprint density at radius 3 is 2.95 bits per heavy atom. The second-order valence-electron chi connectivity index (χ2n) is 4.85. The quantitative estimate of drug-likeness (QED) is 0.767. The second-order valence-corrected chi connectivity index (χ2v) is 4.85. The minimum Gasteiger partial charge on any atom is -0.477 e. The maximum Gasteiger partial charge on any atom is 0.352 e. The first-order valence-corrected chi connectivity index (χ1v) is 6.56. The summed E-state index contributed by atoms with van der Waals surface area (Å²) in [5, 5.41) is 13.3. The predicted molar refractivity (Wildman–Crippen MR) is 75.0 cm³/mol. The van der Waals surface area contributed by atoms with Crippen LogP contribution in [0.1, 0.15) is 16.9 Å². The molecule has 0 bridgehead atoms. The molecule has 1 fully saturated rings. The Morgan fingerprint density at radius 1 is 1.21 bits per heavy atom. The summed E-state index contributed by atoms with van der Waals surface area (Å²) in [6, 6.07) is 7.76. The summed E-state index contributed by atoms with van der Waals surface area (Å²) >= 11 is 0. The number of carboxylic acid groups (broad SMARTS) is 1. The average molecular weight is 259 g/mol. The van der Waals surface area contributed by atoms with Crippen LogP contribution in [-0.4, -0.2) is 42.2 Å². The number of carboxylic acids is 1. The Bertz CT molecular complexity index is 598. The predicted octanol–water partition coefficient (Wildman–Crippen LogP) is 1.67. The Hall–Kier alpha value is -2.01. The van der Waals surface area contributed by atoms with Crippen LogP contribution in [-0.2, 0) is 0 Å². The number of anilines is 1. The molecular formula is C14H17N3O2. The number of rotatable bonds is 2. The van der Waals surface area contributed by atoms with Crippen molar-refractivity contribution in [3.63, 3.8) is 0 Å². The molecule has 1 aliphatic heterocycles. The van der Waals surface area contributed by atoms with Crippen LogP contribution in [0.15, 0.2) is 24.3 Å². The van der Waals surface area contributed by atoms with E-state index in [1.807, 2.05) is 6.07 Å². The van der Waals surface area contributed by atoms with Gasteiger partial charge in [0, 0.05) is 36.2 Å². The van der Waals surface area contributed by atoms with Gasteiger partial charge in [-0.1, -0.05) is 0 Å². The fourth-order valence-corrected chi connectivity index (χ4v) is 2.54. The summed E-state index contributed by atoms with van der Waals surface area (Å²) in [6.45, 7) is 4.08. The number of fused-ring (bicyclic) bond motifs is 1. The highest BCUT2D eigenvalue weighted by Crippen LogP contribution is 2.23. The third-order valence-corrected chi connectivity index (χ3v) is 3.54. The Morgan fingerprint density at radius 2 is 2.11 bits per heavy atom. The molecule has 0 saturated carbocycles. The van der Waals surface area contributed by atoms with Crippen molar-refractivity contribution in [2.24, 2.45) is 0 Å². The first-order chi connectivity index (χ1) is 9.24. The maximum atomic E-state index is 11.0. The van der Waals surface area contributed by atoms with Gasteiger partial charge < -0.3 is 20.3 Å². The van der Waals surface area contributed by atoms with E-state index in [1.54, 1.807) is 6.07 Å². The smallest absolute Gasteiger partial charge is 0.352 e. The highest BCUT2D eigenvalue weighted by atomic mass is 16.4. The number of aromatic amines is 1. The normalized spacial score (nSPS) is 16.5. The maximum absolute atomic E-state index is 11.0. The van der Waals surface area contributed by atoms with E-state index in [0.29, 0.717) is 0 Å². The van der Waals surface area contributed by atoms with Gasteiger partial charge in [-0.2, -0.15) is 0 Å². The molecule has 0 aliphatic carbocycles. The fourth-order valence-electron chi connectivity index (χ4n) is 2.54. The first kappa shape index (κ1) is 12.0. The number of nitrogens with one attached hydrogen (secondary N) is 2. The zero-order valence-corrected chi connectivity index (χ0v) is 10.6. The number of aromatic carboxylic acids is 1. The van der Waals surface area contributed by atoms with Crippen molar-refractivity contribution in [1.29, 1.82) is 0 Å². The Balaban J connectivity index is 1.93. The largest absolute Gasteiger partial charge is 0.477 e. The number of nitrogens with zero attached hydrogens (tertiary/aromatic N) is 1. The highest BCUT2D eigenvalue weighted by molar-refractivity contribution is 5.94. The monoisotopic (exact) mass is 259 g/mol. The van der Waals surface area contributed by atoms with Crippen LogP contribution in [0.2, 0.25) is 0 Å². The van der Waals surface area contributed by atoms with Gasteiger partial charge in [-0.25, -0.2) is 4.79 Å². The molecule has 3 rings (SSSR count). The molecular weight excluding hydrogens is 242 g/mol. The number of carbonyl (C=O) groups is 1. The van der Waals surface area contributed by atoms with E-state index >= 15 is 0 Å². The van der Waals surface area contributed by atoms with E-state index in [1.165, 1.54) is 0 Å². The lowest BCUT2D eigenvalue weighted by molar-refractivity contribution is 0.0691. The average Bonchev–Trinajstić information content (AvgIpc) is 2.64. The van der Waals surface area contributed by atoms with Gasteiger partial charge >= 0.3 is 5.97 Å². The molecule has 0 amide bonds. The molecule has 19 heavy (non-hydrogen) atoms. The molecule has 1 aromatic carbocycles. The Kier molecular flexibility index (Phi) is 3.13. The summed E-state index contributed by atoms with van der Waals surface area (Å²) in [4.78, 5) is 16.2. The van der Waals surface area contributed by atoms with Crippen LogP contribution in [0.5, 0.6) is 0 Å². The van der Waals surface area contributed by atoms with E-state index in [0.717, 1.165) is 49.2 Å². The van der Waals surface area contributed by atoms with Gasteiger partial charge in [0.05, 0.1) is 0 Å². The molecule has 1 aliphatic rings. The van der Waals surface area contributed by atoms with Crippen molar-refractivity contribution in [3.05, 3.63) is 30.0 Å². The molecule has 1 aromatic heterocycles. The van der Waals surface area contributed by atoms with Crippen molar-refractivity contribution in [2.45, 2.75) is 6.42 Å². The highest BCUT2D eigenvalue weighted by Gasteiger charge is 2.12. The van der Waals surface area contributed by atoms with Gasteiger partial charge in [0.25, 0.3) is 0 Å². The molecule has 100 valence electrons. The van der Waals surface area contributed by atoms with Gasteiger partial charge in [-0.3, -0.25) is 0 Å². The first-order valence-electron chi connectivity index (χ1n) is 6.56. The van der Waals surface area contributed by atoms with E-state index in [-0.39, 0.29) is 5.69 Å². The molecule has 5 nitrogen and oxygen atoms in total. The van der Waals surface area contributed by atoms with Gasteiger partial charge in [-0.15, -0.1) is 0 Å². The third kappa shape index (κ3) is 2.42. The number of H-pyrrole nitrogens is 1. The minimum absolute atomic E-state index is 0.240. The van der Waals surface area contributed by atoms with Crippen LogP contribution < -0.4 is 10.2 Å². The topological polar surface area (TPSA) is 68.4 Å². The van der Waals surface area contributed by atoms with Crippen molar-refractivity contribution in [3.8, 4) is 0 Å². The standard InChI is InChI=1S/C14H17N3O2/c18-14(19)13-9-10-8-11(2-3-12(10)16-13)17-6-1-4-15-5-7-17/h2-3,8-9,15-16H,1,4-7H2,(H,18,19).